The summed E-state index contributed by atoms with van der Waals surface area (Å²) < 4.78 is 0. The van der Waals surface area contributed by atoms with Crippen molar-refractivity contribution in [1.82, 2.24) is 10.3 Å². The summed E-state index contributed by atoms with van der Waals surface area (Å²) in [4.78, 5) is 16.6. The molecule has 0 aliphatic rings. The topological polar surface area (TPSA) is 62.2 Å². The van der Waals surface area contributed by atoms with Gasteiger partial charge in [-0.1, -0.05) is 38.4 Å². The SMILES string of the molecule is CC(C)(C)C(O)CNC(=O)c1cc(Cl)cc2cccnc12. The first-order valence-corrected chi connectivity index (χ1v) is 7.17. The van der Waals surface area contributed by atoms with Crippen LogP contribution in [0.1, 0.15) is 31.1 Å². The lowest BCUT2D eigenvalue weighted by atomic mass is 9.89. The second-order valence-corrected chi connectivity index (χ2v) is 6.56. The molecule has 0 saturated heterocycles. The first-order chi connectivity index (χ1) is 9.79. The molecule has 112 valence electrons. The minimum Gasteiger partial charge on any atom is -0.391 e. The van der Waals surface area contributed by atoms with Crippen molar-refractivity contribution in [3.05, 3.63) is 41.0 Å². The largest absolute Gasteiger partial charge is 0.391 e. The van der Waals surface area contributed by atoms with E-state index in [-0.39, 0.29) is 17.9 Å². The molecule has 0 aliphatic carbocycles. The van der Waals surface area contributed by atoms with Gasteiger partial charge in [-0.3, -0.25) is 9.78 Å². The fraction of sp³-hybridized carbons (Fsp3) is 0.375. The Bertz CT molecular complexity index is 665. The quantitative estimate of drug-likeness (QED) is 0.916. The van der Waals surface area contributed by atoms with Gasteiger partial charge in [-0.25, -0.2) is 0 Å². The first kappa shape index (κ1) is 15.7. The highest BCUT2D eigenvalue weighted by molar-refractivity contribution is 6.32. The summed E-state index contributed by atoms with van der Waals surface area (Å²) in [6.45, 7) is 5.93. The maximum atomic E-state index is 12.3. The Morgan fingerprint density at radius 2 is 2.14 bits per heavy atom. The molecular weight excluding hydrogens is 288 g/mol. The van der Waals surface area contributed by atoms with Crippen LogP contribution in [-0.2, 0) is 0 Å². The number of benzene rings is 1. The average molecular weight is 307 g/mol. The van der Waals surface area contributed by atoms with Gasteiger partial charge in [-0.05, 0) is 23.6 Å². The number of carbonyl (C=O) groups is 1. The average Bonchev–Trinajstić information content (AvgIpc) is 2.42. The predicted molar refractivity (Wildman–Crippen MR) is 84.5 cm³/mol. The van der Waals surface area contributed by atoms with E-state index in [1.54, 1.807) is 24.4 Å². The van der Waals surface area contributed by atoms with Gasteiger partial charge in [-0.2, -0.15) is 0 Å². The Balaban J connectivity index is 2.24. The van der Waals surface area contributed by atoms with Crippen LogP contribution in [0.3, 0.4) is 0 Å². The van der Waals surface area contributed by atoms with Gasteiger partial charge < -0.3 is 10.4 Å². The van der Waals surface area contributed by atoms with Crippen LogP contribution in [0.5, 0.6) is 0 Å². The van der Waals surface area contributed by atoms with Crippen molar-refractivity contribution in [1.29, 1.82) is 0 Å². The highest BCUT2D eigenvalue weighted by Crippen LogP contribution is 2.22. The third-order valence-corrected chi connectivity index (χ3v) is 3.59. The molecule has 1 heterocycles. The van der Waals surface area contributed by atoms with Gasteiger partial charge >= 0.3 is 0 Å². The number of amides is 1. The third kappa shape index (κ3) is 3.71. The number of rotatable bonds is 3. The fourth-order valence-corrected chi connectivity index (χ4v) is 2.15. The van der Waals surface area contributed by atoms with E-state index in [1.165, 1.54) is 0 Å². The summed E-state index contributed by atoms with van der Waals surface area (Å²) in [5.74, 6) is -0.287. The maximum Gasteiger partial charge on any atom is 0.253 e. The highest BCUT2D eigenvalue weighted by atomic mass is 35.5. The van der Waals surface area contributed by atoms with E-state index in [1.807, 2.05) is 26.8 Å². The number of carbonyl (C=O) groups excluding carboxylic acids is 1. The second-order valence-electron chi connectivity index (χ2n) is 6.12. The summed E-state index contributed by atoms with van der Waals surface area (Å²) in [5.41, 5.74) is 0.728. The lowest BCUT2D eigenvalue weighted by molar-refractivity contribution is 0.0587. The number of halogens is 1. The van der Waals surface area contributed by atoms with Crippen LogP contribution >= 0.6 is 11.6 Å². The van der Waals surface area contributed by atoms with Gasteiger partial charge in [0, 0.05) is 23.2 Å². The molecule has 1 aromatic carbocycles. The molecule has 2 aromatic rings. The molecule has 0 spiro atoms. The van der Waals surface area contributed by atoms with Gasteiger partial charge in [0.05, 0.1) is 17.2 Å². The van der Waals surface area contributed by atoms with Crippen molar-refractivity contribution in [2.24, 2.45) is 5.41 Å². The normalized spacial score (nSPS) is 13.2. The third-order valence-electron chi connectivity index (χ3n) is 3.37. The summed E-state index contributed by atoms with van der Waals surface area (Å²) in [6, 6.07) is 7.01. The van der Waals surface area contributed by atoms with Crippen molar-refractivity contribution in [2.45, 2.75) is 26.9 Å². The Hall–Kier alpha value is -1.65. The van der Waals surface area contributed by atoms with E-state index >= 15 is 0 Å². The molecule has 1 unspecified atom stereocenters. The smallest absolute Gasteiger partial charge is 0.253 e. The Morgan fingerprint density at radius 1 is 1.43 bits per heavy atom. The number of pyridine rings is 1. The van der Waals surface area contributed by atoms with E-state index in [0.717, 1.165) is 5.39 Å². The summed E-state index contributed by atoms with van der Waals surface area (Å²) in [7, 11) is 0. The van der Waals surface area contributed by atoms with E-state index in [4.69, 9.17) is 11.6 Å². The minimum atomic E-state index is -0.625. The molecular formula is C16H19ClN2O2. The molecule has 1 amide bonds. The number of nitrogens with one attached hydrogen (secondary N) is 1. The van der Waals surface area contributed by atoms with Crippen LogP contribution in [0.4, 0.5) is 0 Å². The molecule has 2 N–H and O–H groups in total. The molecule has 5 heteroatoms. The van der Waals surface area contributed by atoms with Crippen LogP contribution < -0.4 is 5.32 Å². The number of hydrogen-bond acceptors (Lipinski definition) is 3. The van der Waals surface area contributed by atoms with Crippen LogP contribution in [0, 0.1) is 5.41 Å². The number of aliphatic hydroxyl groups excluding tert-OH is 1. The van der Waals surface area contributed by atoms with Crippen molar-refractivity contribution < 1.29 is 9.90 Å². The Morgan fingerprint density at radius 3 is 2.81 bits per heavy atom. The monoisotopic (exact) mass is 306 g/mol. The summed E-state index contributed by atoms with van der Waals surface area (Å²) >= 11 is 6.05. The van der Waals surface area contributed by atoms with Crippen molar-refractivity contribution in [2.75, 3.05) is 6.54 Å². The fourth-order valence-electron chi connectivity index (χ4n) is 1.92. The molecule has 0 bridgehead atoms. The Labute approximate surface area is 129 Å². The molecule has 0 radical (unpaired) electrons. The number of hydrogen-bond donors (Lipinski definition) is 2. The van der Waals surface area contributed by atoms with Crippen molar-refractivity contribution >= 4 is 28.4 Å². The number of aromatic nitrogens is 1. The van der Waals surface area contributed by atoms with E-state index < -0.39 is 6.10 Å². The van der Waals surface area contributed by atoms with E-state index in [2.05, 4.69) is 10.3 Å². The summed E-state index contributed by atoms with van der Waals surface area (Å²) in [5, 5.41) is 14.0. The maximum absolute atomic E-state index is 12.3. The standard InChI is InChI=1S/C16H19ClN2O2/c1-16(2,3)13(20)9-19-15(21)12-8-11(17)7-10-5-4-6-18-14(10)12/h4-8,13,20H,9H2,1-3H3,(H,19,21). The van der Waals surface area contributed by atoms with Crippen molar-refractivity contribution in [3.63, 3.8) is 0 Å². The van der Waals surface area contributed by atoms with Gasteiger partial charge in [-0.15, -0.1) is 0 Å². The number of nitrogens with zero attached hydrogens (tertiary/aromatic N) is 1. The molecule has 4 nitrogen and oxygen atoms in total. The van der Waals surface area contributed by atoms with Gasteiger partial charge in [0.25, 0.3) is 5.91 Å². The van der Waals surface area contributed by atoms with E-state index in [9.17, 15) is 9.90 Å². The van der Waals surface area contributed by atoms with Crippen molar-refractivity contribution in [3.8, 4) is 0 Å². The highest BCUT2D eigenvalue weighted by Gasteiger charge is 2.23. The van der Waals surface area contributed by atoms with Gasteiger partial charge in [0.15, 0.2) is 0 Å². The zero-order valence-corrected chi connectivity index (χ0v) is 13.1. The van der Waals surface area contributed by atoms with E-state index in [0.29, 0.717) is 16.1 Å². The van der Waals surface area contributed by atoms with Crippen LogP contribution in [-0.4, -0.2) is 28.6 Å². The molecule has 21 heavy (non-hydrogen) atoms. The molecule has 2 rings (SSSR count). The number of aliphatic hydroxyl groups is 1. The van der Waals surface area contributed by atoms with Crippen LogP contribution in [0.25, 0.3) is 10.9 Å². The molecule has 0 aliphatic heterocycles. The summed E-state index contributed by atoms with van der Waals surface area (Å²) in [6.07, 6.45) is 1.01. The van der Waals surface area contributed by atoms with Crippen LogP contribution in [0.2, 0.25) is 5.02 Å². The van der Waals surface area contributed by atoms with Crippen LogP contribution in [0.15, 0.2) is 30.5 Å². The molecule has 0 fully saturated rings. The lowest BCUT2D eigenvalue weighted by Crippen LogP contribution is -2.39. The molecule has 1 aromatic heterocycles. The zero-order chi connectivity index (χ0) is 15.6. The zero-order valence-electron chi connectivity index (χ0n) is 12.4. The van der Waals surface area contributed by atoms with Gasteiger partial charge in [0.2, 0.25) is 0 Å². The Kier molecular flexibility index (Phi) is 4.49. The molecule has 1 atom stereocenters. The first-order valence-electron chi connectivity index (χ1n) is 6.79. The predicted octanol–water partition coefficient (Wildman–Crippen LogP) is 3.03. The second kappa shape index (κ2) is 6.00. The number of fused-ring (bicyclic) bond motifs is 1. The minimum absolute atomic E-state index is 0.184. The molecule has 0 saturated carbocycles. The lowest BCUT2D eigenvalue weighted by Gasteiger charge is -2.25. The van der Waals surface area contributed by atoms with Gasteiger partial charge in [0.1, 0.15) is 0 Å².